The molecule has 172 valence electrons. The molecule has 0 atom stereocenters. The average molecular weight is 483 g/mol. The van der Waals surface area contributed by atoms with Gasteiger partial charge in [0.15, 0.2) is 4.34 Å². The standard InChI is InChI=1S/C24H26N4O3S2/c1-17(29)26-19-10-5-11-20(13-19)27-23(31)16-33-24-28-21(15-32-24)14-22(30)25-12-6-9-18-7-3-2-4-8-18/h2-5,7-8,10-11,13,15H,6,9,12,14,16H2,1H3,(H,25,30)(H,26,29)(H,27,31). The molecule has 3 N–H and O–H groups in total. The third kappa shape index (κ3) is 9.07. The van der Waals surface area contributed by atoms with E-state index in [0.717, 1.165) is 17.2 Å². The molecule has 2 aromatic carbocycles. The lowest BCUT2D eigenvalue weighted by Crippen LogP contribution is -2.26. The minimum Gasteiger partial charge on any atom is -0.356 e. The molecule has 0 radical (unpaired) electrons. The molecule has 0 aliphatic rings. The second-order valence-corrected chi connectivity index (χ2v) is 9.40. The molecule has 33 heavy (non-hydrogen) atoms. The van der Waals surface area contributed by atoms with Crippen LogP contribution in [0.4, 0.5) is 11.4 Å². The van der Waals surface area contributed by atoms with E-state index in [0.29, 0.717) is 23.6 Å². The molecular formula is C24H26N4O3S2. The van der Waals surface area contributed by atoms with E-state index < -0.39 is 0 Å². The summed E-state index contributed by atoms with van der Waals surface area (Å²) >= 11 is 2.74. The number of thiazole rings is 1. The summed E-state index contributed by atoms with van der Waals surface area (Å²) in [5.41, 5.74) is 3.19. The van der Waals surface area contributed by atoms with Gasteiger partial charge in [-0.25, -0.2) is 4.98 Å². The van der Waals surface area contributed by atoms with E-state index in [2.05, 4.69) is 33.1 Å². The number of aryl methyl sites for hydroxylation is 1. The Bertz CT molecular complexity index is 1090. The van der Waals surface area contributed by atoms with Gasteiger partial charge in [-0.15, -0.1) is 11.3 Å². The van der Waals surface area contributed by atoms with Crippen LogP contribution in [0, 0.1) is 0 Å². The third-order valence-corrected chi connectivity index (χ3v) is 6.54. The van der Waals surface area contributed by atoms with Crippen molar-refractivity contribution >= 4 is 52.2 Å². The molecule has 1 heterocycles. The normalized spacial score (nSPS) is 10.5. The Morgan fingerprint density at radius 2 is 1.73 bits per heavy atom. The van der Waals surface area contributed by atoms with Gasteiger partial charge in [-0.3, -0.25) is 14.4 Å². The lowest BCUT2D eigenvalue weighted by Gasteiger charge is -2.07. The minimum atomic E-state index is -0.173. The molecule has 3 aromatic rings. The van der Waals surface area contributed by atoms with E-state index >= 15 is 0 Å². The minimum absolute atomic E-state index is 0.0540. The summed E-state index contributed by atoms with van der Waals surface area (Å²) < 4.78 is 0.740. The van der Waals surface area contributed by atoms with Gasteiger partial charge in [-0.2, -0.15) is 0 Å². The van der Waals surface area contributed by atoms with E-state index in [-0.39, 0.29) is 29.9 Å². The number of carbonyl (C=O) groups excluding carboxylic acids is 3. The lowest BCUT2D eigenvalue weighted by molar-refractivity contribution is -0.120. The van der Waals surface area contributed by atoms with Crippen molar-refractivity contribution in [3.8, 4) is 0 Å². The highest BCUT2D eigenvalue weighted by molar-refractivity contribution is 8.01. The average Bonchev–Trinajstić information content (AvgIpc) is 3.23. The fourth-order valence-corrected chi connectivity index (χ4v) is 4.67. The predicted molar refractivity (Wildman–Crippen MR) is 134 cm³/mol. The van der Waals surface area contributed by atoms with E-state index in [1.807, 2.05) is 23.6 Å². The number of hydrogen-bond donors (Lipinski definition) is 3. The van der Waals surface area contributed by atoms with Crippen LogP contribution in [0.3, 0.4) is 0 Å². The van der Waals surface area contributed by atoms with Crippen LogP contribution in [-0.4, -0.2) is 35.0 Å². The highest BCUT2D eigenvalue weighted by atomic mass is 32.2. The first-order valence-electron chi connectivity index (χ1n) is 10.5. The van der Waals surface area contributed by atoms with E-state index in [4.69, 9.17) is 0 Å². The van der Waals surface area contributed by atoms with Crippen molar-refractivity contribution in [3.05, 3.63) is 71.2 Å². The molecule has 7 nitrogen and oxygen atoms in total. The van der Waals surface area contributed by atoms with Gasteiger partial charge in [0.25, 0.3) is 0 Å². The highest BCUT2D eigenvalue weighted by Gasteiger charge is 2.10. The van der Waals surface area contributed by atoms with E-state index in [1.54, 1.807) is 24.3 Å². The Balaban J connectivity index is 1.36. The molecule has 9 heteroatoms. The van der Waals surface area contributed by atoms with Gasteiger partial charge in [-0.05, 0) is 36.6 Å². The van der Waals surface area contributed by atoms with Gasteiger partial charge in [-0.1, -0.05) is 48.2 Å². The maximum Gasteiger partial charge on any atom is 0.234 e. The topological polar surface area (TPSA) is 100 Å². The Kier molecular flexibility index (Phi) is 9.46. The molecule has 0 unspecified atom stereocenters. The van der Waals surface area contributed by atoms with Crippen molar-refractivity contribution in [2.45, 2.75) is 30.5 Å². The Labute approximate surface area is 201 Å². The van der Waals surface area contributed by atoms with E-state index in [9.17, 15) is 14.4 Å². The summed E-state index contributed by atoms with van der Waals surface area (Å²) in [5.74, 6) is -0.202. The molecule has 0 aliphatic heterocycles. The number of benzene rings is 2. The van der Waals surface area contributed by atoms with Gasteiger partial charge in [0, 0.05) is 30.2 Å². The van der Waals surface area contributed by atoms with Crippen molar-refractivity contribution in [3.63, 3.8) is 0 Å². The van der Waals surface area contributed by atoms with Crippen molar-refractivity contribution in [2.24, 2.45) is 0 Å². The molecule has 0 bridgehead atoms. The zero-order valence-corrected chi connectivity index (χ0v) is 19.9. The van der Waals surface area contributed by atoms with Crippen LogP contribution in [0.15, 0.2) is 64.3 Å². The quantitative estimate of drug-likeness (QED) is 0.282. The largest absolute Gasteiger partial charge is 0.356 e. The summed E-state index contributed by atoms with van der Waals surface area (Å²) in [6, 6.07) is 17.2. The zero-order valence-electron chi connectivity index (χ0n) is 18.3. The Morgan fingerprint density at radius 1 is 0.970 bits per heavy atom. The van der Waals surface area contributed by atoms with Crippen LogP contribution in [0.1, 0.15) is 24.6 Å². The highest BCUT2D eigenvalue weighted by Crippen LogP contribution is 2.23. The predicted octanol–water partition coefficient (Wildman–Crippen LogP) is 4.12. The van der Waals surface area contributed by atoms with Crippen LogP contribution < -0.4 is 16.0 Å². The second-order valence-electron chi connectivity index (χ2n) is 7.32. The fourth-order valence-electron chi connectivity index (χ4n) is 3.03. The van der Waals surface area contributed by atoms with Crippen LogP contribution >= 0.6 is 23.1 Å². The first kappa shape index (κ1) is 24.5. The summed E-state index contributed by atoms with van der Waals surface area (Å²) in [5, 5.41) is 10.3. The Hall–Kier alpha value is -3.17. The number of anilines is 2. The first-order chi connectivity index (χ1) is 16.0. The second kappa shape index (κ2) is 12.8. The van der Waals surface area contributed by atoms with Crippen LogP contribution in [0.25, 0.3) is 0 Å². The zero-order chi connectivity index (χ0) is 23.5. The number of thioether (sulfide) groups is 1. The summed E-state index contributed by atoms with van der Waals surface area (Å²) in [6.07, 6.45) is 2.04. The lowest BCUT2D eigenvalue weighted by atomic mass is 10.1. The van der Waals surface area contributed by atoms with Crippen molar-refractivity contribution < 1.29 is 14.4 Å². The van der Waals surface area contributed by atoms with Crippen LogP contribution in [-0.2, 0) is 27.2 Å². The van der Waals surface area contributed by atoms with Gasteiger partial charge in [0.2, 0.25) is 17.7 Å². The van der Waals surface area contributed by atoms with Gasteiger partial charge >= 0.3 is 0 Å². The molecule has 3 rings (SSSR count). The van der Waals surface area contributed by atoms with Crippen molar-refractivity contribution in [1.29, 1.82) is 0 Å². The summed E-state index contributed by atoms with van der Waals surface area (Å²) in [4.78, 5) is 40.0. The van der Waals surface area contributed by atoms with Crippen LogP contribution in [0.5, 0.6) is 0 Å². The van der Waals surface area contributed by atoms with Gasteiger partial charge < -0.3 is 16.0 Å². The van der Waals surface area contributed by atoms with Crippen LogP contribution in [0.2, 0.25) is 0 Å². The summed E-state index contributed by atoms with van der Waals surface area (Å²) in [7, 11) is 0. The number of nitrogens with one attached hydrogen (secondary N) is 3. The number of amides is 3. The molecule has 0 saturated heterocycles. The SMILES string of the molecule is CC(=O)Nc1cccc(NC(=O)CSc2nc(CC(=O)NCCCc3ccccc3)cs2)c1. The molecule has 0 saturated carbocycles. The van der Waals surface area contributed by atoms with E-state index in [1.165, 1.54) is 35.6 Å². The summed E-state index contributed by atoms with van der Waals surface area (Å²) in [6.45, 7) is 2.06. The fraction of sp³-hybridized carbons (Fsp3) is 0.250. The molecule has 0 spiro atoms. The van der Waals surface area contributed by atoms with Gasteiger partial charge in [0.05, 0.1) is 17.9 Å². The maximum atomic E-state index is 12.2. The molecule has 1 aromatic heterocycles. The molecule has 0 aliphatic carbocycles. The molecular weight excluding hydrogens is 456 g/mol. The number of hydrogen-bond acceptors (Lipinski definition) is 6. The number of carbonyl (C=O) groups is 3. The van der Waals surface area contributed by atoms with Gasteiger partial charge in [0.1, 0.15) is 0 Å². The number of aromatic nitrogens is 1. The molecule has 3 amide bonds. The van der Waals surface area contributed by atoms with Crippen molar-refractivity contribution in [2.75, 3.05) is 22.9 Å². The Morgan fingerprint density at radius 3 is 2.48 bits per heavy atom. The molecule has 0 fully saturated rings. The third-order valence-electron chi connectivity index (χ3n) is 4.47. The first-order valence-corrected chi connectivity index (χ1v) is 12.4. The monoisotopic (exact) mass is 482 g/mol. The van der Waals surface area contributed by atoms with Crippen molar-refractivity contribution in [1.82, 2.24) is 10.3 Å². The maximum absolute atomic E-state index is 12.2. The number of nitrogens with zero attached hydrogens (tertiary/aromatic N) is 1. The number of rotatable bonds is 11. The smallest absolute Gasteiger partial charge is 0.234 e.